The zero-order valence-electron chi connectivity index (χ0n) is 15.8. The zero-order chi connectivity index (χ0) is 21.0. The summed E-state index contributed by atoms with van der Waals surface area (Å²) in [5.41, 5.74) is 5.62. The lowest BCUT2D eigenvalue weighted by molar-refractivity contribution is 0.0424. The average molecular weight is 417 g/mol. The molecule has 1 aromatic carbocycles. The number of furan rings is 1. The molecule has 0 fully saturated rings. The minimum atomic E-state index is -3.59. The van der Waals surface area contributed by atoms with Gasteiger partial charge in [-0.05, 0) is 24.3 Å². The van der Waals surface area contributed by atoms with Crippen LogP contribution < -0.4 is 10.6 Å². The molecule has 29 heavy (non-hydrogen) atoms. The quantitative estimate of drug-likeness (QED) is 0.561. The third kappa shape index (κ3) is 5.08. The van der Waals surface area contributed by atoms with Crippen LogP contribution in [0.4, 0.5) is 11.9 Å². The van der Waals surface area contributed by atoms with Crippen molar-refractivity contribution in [3.8, 4) is 0 Å². The van der Waals surface area contributed by atoms with Crippen molar-refractivity contribution in [2.24, 2.45) is 0 Å². The maximum atomic E-state index is 12.4. The van der Waals surface area contributed by atoms with E-state index in [1.54, 1.807) is 37.2 Å². The number of rotatable bonds is 7. The summed E-state index contributed by atoms with van der Waals surface area (Å²) in [7, 11) is -0.121. The highest BCUT2D eigenvalue weighted by molar-refractivity contribution is 7.90. The van der Waals surface area contributed by atoms with Crippen molar-refractivity contribution >= 4 is 27.7 Å². The van der Waals surface area contributed by atoms with E-state index in [9.17, 15) is 13.2 Å². The smallest absolute Gasteiger partial charge is 0.374 e. The van der Waals surface area contributed by atoms with Crippen LogP contribution in [-0.2, 0) is 26.9 Å². The molecular weight excluding hydrogens is 398 g/mol. The van der Waals surface area contributed by atoms with Crippen molar-refractivity contribution in [2.75, 3.05) is 24.7 Å². The largest absolute Gasteiger partial charge is 0.453 e. The van der Waals surface area contributed by atoms with Crippen LogP contribution in [0.3, 0.4) is 0 Å². The topological polar surface area (TPSA) is 142 Å². The van der Waals surface area contributed by atoms with Crippen molar-refractivity contribution in [3.63, 3.8) is 0 Å². The summed E-state index contributed by atoms with van der Waals surface area (Å²) in [6.45, 7) is -0.245. The summed E-state index contributed by atoms with van der Waals surface area (Å²) in [5.74, 6) is -0.651. The lowest BCUT2D eigenvalue weighted by Crippen LogP contribution is -2.17. The molecule has 2 heterocycles. The number of nitrogens with zero attached hydrogens (tertiary/aromatic N) is 4. The van der Waals surface area contributed by atoms with E-state index in [1.165, 1.54) is 24.3 Å². The molecule has 2 aromatic heterocycles. The van der Waals surface area contributed by atoms with Crippen LogP contribution in [-0.4, -0.2) is 43.4 Å². The molecule has 0 aliphatic heterocycles. The molecule has 11 heteroatoms. The number of aromatic nitrogens is 3. The second-order valence-electron chi connectivity index (χ2n) is 6.22. The summed E-state index contributed by atoms with van der Waals surface area (Å²) in [4.78, 5) is 26.0. The first-order valence-electron chi connectivity index (χ1n) is 8.46. The van der Waals surface area contributed by atoms with Crippen LogP contribution in [0.15, 0.2) is 51.8 Å². The maximum absolute atomic E-state index is 12.4. The first-order chi connectivity index (χ1) is 13.7. The second-order valence-corrected chi connectivity index (χ2v) is 8.21. The Morgan fingerprint density at radius 3 is 2.52 bits per heavy atom. The molecule has 0 aliphatic rings. The number of carbonyl (C=O) groups is 1. The number of ether oxygens (including phenoxy) is 1. The summed E-state index contributed by atoms with van der Waals surface area (Å²) in [6, 6.07) is 10.8. The van der Waals surface area contributed by atoms with Crippen LogP contribution in [0.1, 0.15) is 22.1 Å². The second kappa shape index (κ2) is 8.27. The van der Waals surface area contributed by atoms with Gasteiger partial charge in [-0.3, -0.25) is 0 Å². The SMILES string of the molecule is CN(C)c1nc(N)nc(COC(=O)c2ccc(CS(=O)(=O)c3ccccc3)o2)n1. The standard InChI is InChI=1S/C18H19N5O5S/c1-23(2)18-21-15(20-17(19)22-18)10-27-16(24)14-9-8-12(28-14)11-29(25,26)13-6-4-3-5-7-13/h3-9H,10-11H2,1-2H3,(H2,19,20,21,22). The van der Waals surface area contributed by atoms with Gasteiger partial charge in [0.25, 0.3) is 0 Å². The van der Waals surface area contributed by atoms with Gasteiger partial charge in [0, 0.05) is 14.1 Å². The monoisotopic (exact) mass is 417 g/mol. The van der Waals surface area contributed by atoms with Crippen LogP contribution in [0, 0.1) is 0 Å². The van der Waals surface area contributed by atoms with E-state index in [0.29, 0.717) is 5.95 Å². The Morgan fingerprint density at radius 1 is 1.10 bits per heavy atom. The maximum Gasteiger partial charge on any atom is 0.374 e. The van der Waals surface area contributed by atoms with Gasteiger partial charge < -0.3 is 19.8 Å². The molecule has 0 amide bonds. The van der Waals surface area contributed by atoms with E-state index in [-0.39, 0.29) is 40.5 Å². The highest BCUT2D eigenvalue weighted by Crippen LogP contribution is 2.18. The van der Waals surface area contributed by atoms with Gasteiger partial charge in [-0.15, -0.1) is 0 Å². The molecule has 0 unspecified atom stereocenters. The van der Waals surface area contributed by atoms with Crippen LogP contribution in [0.25, 0.3) is 0 Å². The van der Waals surface area contributed by atoms with Crippen molar-refractivity contribution in [1.82, 2.24) is 15.0 Å². The minimum Gasteiger partial charge on any atom is -0.453 e. The Labute approximate surface area is 167 Å². The Balaban J connectivity index is 1.66. The van der Waals surface area contributed by atoms with Gasteiger partial charge in [-0.2, -0.15) is 15.0 Å². The van der Waals surface area contributed by atoms with E-state index in [4.69, 9.17) is 14.9 Å². The number of nitrogens with two attached hydrogens (primary N) is 1. The molecule has 0 spiro atoms. The highest BCUT2D eigenvalue weighted by Gasteiger charge is 2.20. The summed E-state index contributed by atoms with van der Waals surface area (Å²) < 4.78 is 35.3. The van der Waals surface area contributed by atoms with Gasteiger partial charge in [0.05, 0.1) is 4.90 Å². The average Bonchev–Trinajstić information content (AvgIpc) is 3.14. The lowest BCUT2D eigenvalue weighted by atomic mass is 10.4. The molecule has 0 saturated heterocycles. The van der Waals surface area contributed by atoms with Crippen molar-refractivity contribution in [2.45, 2.75) is 17.3 Å². The van der Waals surface area contributed by atoms with E-state index in [2.05, 4.69) is 15.0 Å². The lowest BCUT2D eigenvalue weighted by Gasteiger charge is -2.11. The summed E-state index contributed by atoms with van der Waals surface area (Å²) in [6.07, 6.45) is 0. The van der Waals surface area contributed by atoms with Gasteiger partial charge in [-0.1, -0.05) is 18.2 Å². The first kappa shape index (κ1) is 20.3. The van der Waals surface area contributed by atoms with Gasteiger partial charge >= 0.3 is 5.97 Å². The molecule has 3 aromatic rings. The molecule has 3 rings (SSSR count). The Hall–Kier alpha value is -3.47. The number of hydrogen-bond donors (Lipinski definition) is 1. The first-order valence-corrected chi connectivity index (χ1v) is 10.1. The molecular formula is C18H19N5O5S. The third-order valence-electron chi connectivity index (χ3n) is 3.72. The van der Waals surface area contributed by atoms with Gasteiger partial charge in [0.2, 0.25) is 17.7 Å². The summed E-state index contributed by atoms with van der Waals surface area (Å²) in [5, 5.41) is 0. The molecule has 0 saturated carbocycles. The predicted octanol–water partition coefficient (Wildman–Crippen LogP) is 1.44. The number of benzene rings is 1. The zero-order valence-corrected chi connectivity index (χ0v) is 16.6. The fourth-order valence-corrected chi connectivity index (χ4v) is 3.62. The number of nitrogen functional groups attached to an aromatic ring is 1. The van der Waals surface area contributed by atoms with Crippen LogP contribution >= 0.6 is 0 Å². The van der Waals surface area contributed by atoms with E-state index >= 15 is 0 Å². The van der Waals surface area contributed by atoms with E-state index < -0.39 is 15.8 Å². The molecule has 0 radical (unpaired) electrons. The molecule has 0 aliphatic carbocycles. The summed E-state index contributed by atoms with van der Waals surface area (Å²) >= 11 is 0. The van der Waals surface area contributed by atoms with Crippen LogP contribution in [0.5, 0.6) is 0 Å². The normalized spacial score (nSPS) is 11.2. The molecule has 0 atom stereocenters. The van der Waals surface area contributed by atoms with E-state index in [1.807, 2.05) is 0 Å². The number of carbonyl (C=O) groups excluding carboxylic acids is 1. The molecule has 2 N–H and O–H groups in total. The van der Waals surface area contributed by atoms with Crippen molar-refractivity contribution < 1.29 is 22.4 Å². The number of sulfone groups is 1. The van der Waals surface area contributed by atoms with Crippen LogP contribution in [0.2, 0.25) is 0 Å². The Bertz CT molecular complexity index is 1110. The van der Waals surface area contributed by atoms with Gasteiger partial charge in [0.15, 0.2) is 22.3 Å². The Kier molecular flexibility index (Phi) is 5.78. The fourth-order valence-electron chi connectivity index (χ4n) is 2.35. The number of esters is 1. The number of anilines is 2. The minimum absolute atomic E-state index is 0.00107. The van der Waals surface area contributed by atoms with Gasteiger partial charge in [0.1, 0.15) is 11.5 Å². The molecule has 152 valence electrons. The fraction of sp³-hybridized carbons (Fsp3) is 0.222. The Morgan fingerprint density at radius 2 is 1.83 bits per heavy atom. The van der Waals surface area contributed by atoms with Gasteiger partial charge in [-0.25, -0.2) is 13.2 Å². The predicted molar refractivity (Wildman–Crippen MR) is 104 cm³/mol. The number of hydrogen-bond acceptors (Lipinski definition) is 10. The highest BCUT2D eigenvalue weighted by atomic mass is 32.2. The molecule has 10 nitrogen and oxygen atoms in total. The van der Waals surface area contributed by atoms with Crippen molar-refractivity contribution in [3.05, 3.63) is 59.8 Å². The molecule has 0 bridgehead atoms. The van der Waals surface area contributed by atoms with Crippen molar-refractivity contribution in [1.29, 1.82) is 0 Å². The third-order valence-corrected chi connectivity index (χ3v) is 5.37. The van der Waals surface area contributed by atoms with E-state index in [0.717, 1.165) is 0 Å².